The van der Waals surface area contributed by atoms with Crippen LogP contribution < -0.4 is 0 Å². The Morgan fingerprint density at radius 1 is 1.04 bits per heavy atom. The first-order valence-electron chi connectivity index (χ1n) is 8.68. The lowest BCUT2D eigenvalue weighted by Gasteiger charge is -2.21. The minimum atomic E-state index is -0.00138. The van der Waals surface area contributed by atoms with Crippen molar-refractivity contribution in [2.45, 2.75) is 19.9 Å². The van der Waals surface area contributed by atoms with E-state index in [-0.39, 0.29) is 11.7 Å². The fraction of sp³-hybridized carbons (Fsp3) is 0.350. The zero-order valence-electron chi connectivity index (χ0n) is 14.8. The maximum absolute atomic E-state index is 12.7. The Morgan fingerprint density at radius 2 is 1.77 bits per heavy atom. The van der Waals surface area contributed by atoms with Gasteiger partial charge in [0, 0.05) is 32.7 Å². The minimum absolute atomic E-state index is 0.00138. The number of nitrogens with zero attached hydrogens (tertiary/aromatic N) is 3. The van der Waals surface area contributed by atoms with Gasteiger partial charge in [-0.1, -0.05) is 12.1 Å². The summed E-state index contributed by atoms with van der Waals surface area (Å²) in [4.78, 5) is 29.6. The monoisotopic (exact) mass is 367 g/mol. The van der Waals surface area contributed by atoms with E-state index in [0.717, 1.165) is 32.6 Å². The number of carbonyl (C=O) groups is 2. The highest BCUT2D eigenvalue weighted by Crippen LogP contribution is 2.20. The van der Waals surface area contributed by atoms with Crippen LogP contribution in [0.5, 0.6) is 0 Å². The first-order chi connectivity index (χ1) is 12.6. The third kappa shape index (κ3) is 4.37. The molecule has 5 nitrogen and oxygen atoms in total. The molecule has 0 spiro atoms. The highest BCUT2D eigenvalue weighted by atomic mass is 32.1. The summed E-state index contributed by atoms with van der Waals surface area (Å²) in [5.74, 6) is 0.0150. The van der Waals surface area contributed by atoms with Gasteiger partial charge in [0.2, 0.25) is 0 Å². The molecule has 1 fully saturated rings. The van der Waals surface area contributed by atoms with Crippen LogP contribution in [0.3, 0.4) is 0 Å². The molecule has 3 rings (SSSR count). The number of ketones is 1. The van der Waals surface area contributed by atoms with Crippen LogP contribution >= 0.6 is 11.3 Å². The van der Waals surface area contributed by atoms with Crippen LogP contribution in [0.25, 0.3) is 0 Å². The first-order valence-corrected chi connectivity index (χ1v) is 9.50. The second-order valence-electron chi connectivity index (χ2n) is 6.45. The fourth-order valence-corrected chi connectivity index (χ4v) is 3.94. The molecule has 26 heavy (non-hydrogen) atoms. The van der Waals surface area contributed by atoms with Crippen molar-refractivity contribution in [2.24, 2.45) is 0 Å². The number of amides is 1. The molecule has 0 aliphatic carbocycles. The van der Waals surface area contributed by atoms with Crippen LogP contribution in [-0.2, 0) is 6.54 Å². The second kappa shape index (κ2) is 8.26. The van der Waals surface area contributed by atoms with Crippen molar-refractivity contribution >= 4 is 23.0 Å². The Kier molecular flexibility index (Phi) is 5.82. The summed E-state index contributed by atoms with van der Waals surface area (Å²) in [6, 6.07) is 13.3. The van der Waals surface area contributed by atoms with Gasteiger partial charge in [-0.3, -0.25) is 14.5 Å². The molecule has 0 radical (unpaired) electrons. The van der Waals surface area contributed by atoms with Gasteiger partial charge in [0.1, 0.15) is 0 Å². The summed E-state index contributed by atoms with van der Waals surface area (Å²) in [6.45, 7) is 5.51. The lowest BCUT2D eigenvalue weighted by Crippen LogP contribution is -2.34. The molecule has 134 valence electrons. The number of Topliss-reactive ketones (excluding diaryl/α,β-unsaturated/α-hetero) is 1. The molecule has 1 aromatic heterocycles. The van der Waals surface area contributed by atoms with Crippen LogP contribution in [0.15, 0.2) is 36.4 Å². The van der Waals surface area contributed by atoms with Crippen molar-refractivity contribution in [1.29, 1.82) is 5.26 Å². The zero-order chi connectivity index (χ0) is 18.5. The van der Waals surface area contributed by atoms with E-state index < -0.39 is 0 Å². The number of benzene rings is 1. The molecule has 0 atom stereocenters. The van der Waals surface area contributed by atoms with Gasteiger partial charge >= 0.3 is 0 Å². The Balaban J connectivity index is 1.59. The number of carbonyl (C=O) groups excluding carboxylic acids is 2. The van der Waals surface area contributed by atoms with Crippen LogP contribution in [0.2, 0.25) is 0 Å². The van der Waals surface area contributed by atoms with Crippen molar-refractivity contribution in [3.05, 3.63) is 57.3 Å². The highest BCUT2D eigenvalue weighted by molar-refractivity contribution is 7.15. The van der Waals surface area contributed by atoms with Crippen molar-refractivity contribution < 1.29 is 9.59 Å². The Bertz CT molecular complexity index is 835. The van der Waals surface area contributed by atoms with E-state index in [4.69, 9.17) is 5.26 Å². The summed E-state index contributed by atoms with van der Waals surface area (Å²) >= 11 is 1.28. The predicted octanol–water partition coefficient (Wildman–Crippen LogP) is 3.17. The molecule has 1 aromatic carbocycles. The van der Waals surface area contributed by atoms with E-state index >= 15 is 0 Å². The summed E-state index contributed by atoms with van der Waals surface area (Å²) in [7, 11) is 0. The van der Waals surface area contributed by atoms with Crippen LogP contribution in [0, 0.1) is 11.3 Å². The quantitative estimate of drug-likeness (QED) is 0.779. The molecule has 6 heteroatoms. The number of rotatable bonds is 4. The van der Waals surface area contributed by atoms with Gasteiger partial charge in [0.25, 0.3) is 5.91 Å². The molecule has 0 bridgehead atoms. The van der Waals surface area contributed by atoms with E-state index in [0.29, 0.717) is 21.9 Å². The molecule has 2 aromatic rings. The average molecular weight is 367 g/mol. The molecule has 2 heterocycles. The molecule has 1 aliphatic heterocycles. The maximum Gasteiger partial charge on any atom is 0.263 e. The van der Waals surface area contributed by atoms with Gasteiger partial charge in [-0.2, -0.15) is 5.26 Å². The molecule has 0 N–H and O–H groups in total. The zero-order valence-corrected chi connectivity index (χ0v) is 15.6. The van der Waals surface area contributed by atoms with Crippen LogP contribution in [-0.4, -0.2) is 47.7 Å². The Morgan fingerprint density at radius 3 is 2.42 bits per heavy atom. The third-order valence-electron chi connectivity index (χ3n) is 4.53. The number of hydrogen-bond acceptors (Lipinski definition) is 5. The van der Waals surface area contributed by atoms with Gasteiger partial charge in [-0.25, -0.2) is 0 Å². The van der Waals surface area contributed by atoms with E-state index in [2.05, 4.69) is 11.0 Å². The summed E-state index contributed by atoms with van der Waals surface area (Å²) in [5.41, 5.74) is 1.84. The molecule has 1 saturated heterocycles. The smallest absolute Gasteiger partial charge is 0.263 e. The molecular formula is C20H21N3O2S. The molecule has 1 amide bonds. The van der Waals surface area contributed by atoms with Crippen molar-refractivity contribution in [3.63, 3.8) is 0 Å². The summed E-state index contributed by atoms with van der Waals surface area (Å²) < 4.78 is 0. The number of thiophene rings is 1. The third-order valence-corrected chi connectivity index (χ3v) is 5.70. The van der Waals surface area contributed by atoms with E-state index in [1.807, 2.05) is 29.2 Å². The molecule has 1 aliphatic rings. The number of nitriles is 1. The van der Waals surface area contributed by atoms with Crippen LogP contribution in [0.1, 0.15) is 43.8 Å². The molecule has 0 unspecified atom stereocenters. The summed E-state index contributed by atoms with van der Waals surface area (Å²) in [6.07, 6.45) is 0.924. The lowest BCUT2D eigenvalue weighted by molar-refractivity contribution is 0.0766. The van der Waals surface area contributed by atoms with Crippen LogP contribution in [0.4, 0.5) is 0 Å². The Hall–Kier alpha value is -2.49. The predicted molar refractivity (Wildman–Crippen MR) is 101 cm³/mol. The Labute approximate surface area is 157 Å². The van der Waals surface area contributed by atoms with Gasteiger partial charge in [-0.05, 0) is 43.2 Å². The standard InChI is InChI=1S/C20H21N3O2S/c1-15(24)18-7-8-19(26-18)20(25)23-10-2-9-22(11-12-23)14-17-5-3-16(13-21)4-6-17/h3-8H,2,9-12,14H2,1H3. The molecular weight excluding hydrogens is 346 g/mol. The minimum Gasteiger partial charge on any atom is -0.337 e. The molecule has 0 saturated carbocycles. The van der Waals surface area contributed by atoms with Crippen molar-refractivity contribution in [1.82, 2.24) is 9.80 Å². The van der Waals surface area contributed by atoms with Crippen molar-refractivity contribution in [2.75, 3.05) is 26.2 Å². The largest absolute Gasteiger partial charge is 0.337 e. The lowest BCUT2D eigenvalue weighted by atomic mass is 10.1. The number of hydrogen-bond donors (Lipinski definition) is 0. The highest BCUT2D eigenvalue weighted by Gasteiger charge is 2.22. The first kappa shape index (κ1) is 18.3. The van der Waals surface area contributed by atoms with Gasteiger partial charge in [0.15, 0.2) is 5.78 Å². The van der Waals surface area contributed by atoms with Gasteiger partial charge in [0.05, 0.1) is 21.4 Å². The van der Waals surface area contributed by atoms with E-state index in [1.54, 1.807) is 12.1 Å². The second-order valence-corrected chi connectivity index (χ2v) is 7.53. The van der Waals surface area contributed by atoms with Gasteiger partial charge < -0.3 is 4.90 Å². The fourth-order valence-electron chi connectivity index (χ4n) is 3.07. The summed E-state index contributed by atoms with van der Waals surface area (Å²) in [5, 5.41) is 8.88. The van der Waals surface area contributed by atoms with E-state index in [9.17, 15) is 9.59 Å². The van der Waals surface area contributed by atoms with Gasteiger partial charge in [-0.15, -0.1) is 11.3 Å². The SMILES string of the molecule is CC(=O)c1ccc(C(=O)N2CCCN(Cc3ccc(C#N)cc3)CC2)s1. The topological polar surface area (TPSA) is 64.4 Å². The average Bonchev–Trinajstić information content (AvgIpc) is 3.04. The van der Waals surface area contributed by atoms with Crippen molar-refractivity contribution in [3.8, 4) is 6.07 Å². The normalized spacial score (nSPS) is 15.3. The van der Waals surface area contributed by atoms with E-state index in [1.165, 1.54) is 23.8 Å². The maximum atomic E-state index is 12.7.